The van der Waals surface area contributed by atoms with Crippen LogP contribution < -0.4 is 0 Å². The summed E-state index contributed by atoms with van der Waals surface area (Å²) in [6.07, 6.45) is 0.583. The Morgan fingerprint density at radius 3 is 2.25 bits per heavy atom. The first-order valence-corrected chi connectivity index (χ1v) is 10.7. The van der Waals surface area contributed by atoms with E-state index in [2.05, 4.69) is 0 Å². The number of fused-ring (bicyclic) bond motifs is 1. The number of hydrogen-bond donors (Lipinski definition) is 0. The Hall–Kier alpha value is -2.76. The first-order chi connectivity index (χ1) is 13.5. The van der Waals surface area contributed by atoms with E-state index in [9.17, 15) is 13.2 Å². The highest BCUT2D eigenvalue weighted by molar-refractivity contribution is 7.89. The maximum Gasteiger partial charge on any atom is 0.244 e. The van der Waals surface area contributed by atoms with Crippen LogP contribution in [0.3, 0.4) is 0 Å². The summed E-state index contributed by atoms with van der Waals surface area (Å²) < 4.78 is 28.2. The molecule has 1 unspecified atom stereocenters. The molecular weight excluding hydrogens is 370 g/mol. The molecule has 0 amide bonds. The highest BCUT2D eigenvalue weighted by Crippen LogP contribution is 2.36. The van der Waals surface area contributed by atoms with Gasteiger partial charge >= 0.3 is 0 Å². The summed E-state index contributed by atoms with van der Waals surface area (Å²) in [6.45, 7) is 2.19. The smallest absolute Gasteiger partial charge is 0.244 e. The second-order valence-electron chi connectivity index (χ2n) is 7.01. The number of carbonyl (C=O) groups is 1. The SMILES string of the molecule is Cc1ccc(S(=O)(=O)N2CCc3ccccc3C2C(=O)c2ccccc2)cc1. The van der Waals surface area contributed by atoms with Gasteiger partial charge in [0.05, 0.1) is 4.90 Å². The van der Waals surface area contributed by atoms with Gasteiger partial charge in [-0.25, -0.2) is 8.42 Å². The lowest BCUT2D eigenvalue weighted by molar-refractivity contribution is 0.0887. The molecule has 1 aliphatic rings. The van der Waals surface area contributed by atoms with Crippen LogP contribution in [0.1, 0.15) is 33.1 Å². The molecule has 0 aliphatic carbocycles. The quantitative estimate of drug-likeness (QED) is 0.628. The van der Waals surface area contributed by atoms with Crippen LogP contribution in [0, 0.1) is 6.92 Å². The van der Waals surface area contributed by atoms with Gasteiger partial charge in [0.1, 0.15) is 6.04 Å². The molecule has 0 saturated heterocycles. The van der Waals surface area contributed by atoms with Crippen LogP contribution in [0.4, 0.5) is 0 Å². The number of aryl methyl sites for hydroxylation is 1. The van der Waals surface area contributed by atoms with Crippen molar-refractivity contribution in [1.29, 1.82) is 0 Å². The van der Waals surface area contributed by atoms with Crippen LogP contribution in [0.2, 0.25) is 0 Å². The molecule has 1 aliphatic heterocycles. The number of Topliss-reactive ketones (excluding diaryl/α,β-unsaturated/α-hetero) is 1. The standard InChI is InChI=1S/C23H21NO3S/c1-17-11-13-20(14-12-17)28(26,27)24-16-15-18-7-5-6-10-21(18)22(24)23(25)19-8-3-2-4-9-19/h2-14,22H,15-16H2,1H3. The highest BCUT2D eigenvalue weighted by Gasteiger charge is 2.40. The van der Waals surface area contributed by atoms with Crippen molar-refractivity contribution in [3.05, 3.63) is 101 Å². The average Bonchev–Trinajstić information content (AvgIpc) is 2.73. The second-order valence-corrected chi connectivity index (χ2v) is 8.90. The number of carbonyl (C=O) groups excluding carboxylic acids is 1. The molecule has 5 heteroatoms. The van der Waals surface area contributed by atoms with Crippen LogP contribution >= 0.6 is 0 Å². The Morgan fingerprint density at radius 1 is 0.893 bits per heavy atom. The second kappa shape index (κ2) is 7.34. The molecular formula is C23H21NO3S. The van der Waals surface area contributed by atoms with Crippen LogP contribution in [-0.2, 0) is 16.4 Å². The van der Waals surface area contributed by atoms with Gasteiger partial charge < -0.3 is 0 Å². The maximum absolute atomic E-state index is 13.4. The van der Waals surface area contributed by atoms with Crippen molar-refractivity contribution in [2.45, 2.75) is 24.3 Å². The summed E-state index contributed by atoms with van der Waals surface area (Å²) in [5.74, 6) is -0.205. The largest absolute Gasteiger partial charge is 0.292 e. The number of ketones is 1. The van der Waals surface area contributed by atoms with Crippen molar-refractivity contribution in [3.8, 4) is 0 Å². The molecule has 28 heavy (non-hydrogen) atoms. The summed E-state index contributed by atoms with van der Waals surface area (Å²) in [7, 11) is -3.81. The zero-order chi connectivity index (χ0) is 19.7. The van der Waals surface area contributed by atoms with Crippen LogP contribution in [0.15, 0.2) is 83.8 Å². The number of sulfonamides is 1. The van der Waals surface area contributed by atoms with E-state index < -0.39 is 16.1 Å². The molecule has 0 saturated carbocycles. The van der Waals surface area contributed by atoms with Crippen LogP contribution in [0.5, 0.6) is 0 Å². The van der Waals surface area contributed by atoms with Crippen molar-refractivity contribution < 1.29 is 13.2 Å². The van der Waals surface area contributed by atoms with Crippen LogP contribution in [-0.4, -0.2) is 25.1 Å². The van der Waals surface area contributed by atoms with Gasteiger partial charge in [-0.1, -0.05) is 72.3 Å². The molecule has 0 radical (unpaired) electrons. The van der Waals surface area contributed by atoms with E-state index in [-0.39, 0.29) is 17.2 Å². The minimum Gasteiger partial charge on any atom is -0.292 e. The first-order valence-electron chi connectivity index (χ1n) is 9.24. The van der Waals surface area contributed by atoms with Crippen molar-refractivity contribution in [2.24, 2.45) is 0 Å². The molecule has 3 aromatic carbocycles. The van der Waals surface area contributed by atoms with Gasteiger partial charge in [-0.05, 0) is 36.6 Å². The summed E-state index contributed by atoms with van der Waals surface area (Å²) >= 11 is 0. The highest BCUT2D eigenvalue weighted by atomic mass is 32.2. The third-order valence-electron chi connectivity index (χ3n) is 5.17. The number of rotatable bonds is 4. The third kappa shape index (κ3) is 3.28. The van der Waals surface area contributed by atoms with E-state index >= 15 is 0 Å². The normalized spacial score (nSPS) is 17.1. The molecule has 4 rings (SSSR count). The fraction of sp³-hybridized carbons (Fsp3) is 0.174. The zero-order valence-corrected chi connectivity index (χ0v) is 16.4. The summed E-state index contributed by atoms with van der Waals surface area (Å²) in [5.41, 5.74) is 3.28. The molecule has 0 fully saturated rings. The fourth-order valence-corrected chi connectivity index (χ4v) is 5.25. The van der Waals surface area contributed by atoms with Crippen LogP contribution in [0.25, 0.3) is 0 Å². The Labute approximate surface area is 165 Å². The maximum atomic E-state index is 13.4. The number of hydrogen-bond acceptors (Lipinski definition) is 3. The average molecular weight is 391 g/mol. The number of nitrogens with zero attached hydrogens (tertiary/aromatic N) is 1. The van der Waals surface area contributed by atoms with Gasteiger partial charge in [-0.3, -0.25) is 4.79 Å². The van der Waals surface area contributed by atoms with E-state index in [1.165, 1.54) is 4.31 Å². The Bertz CT molecular complexity index is 1110. The van der Waals surface area contributed by atoms with E-state index in [1.54, 1.807) is 48.5 Å². The van der Waals surface area contributed by atoms with Crippen molar-refractivity contribution in [1.82, 2.24) is 4.31 Å². The lowest BCUT2D eigenvalue weighted by Gasteiger charge is -2.35. The predicted octanol–water partition coefficient (Wildman–Crippen LogP) is 4.17. The van der Waals surface area contributed by atoms with Gasteiger partial charge in [-0.2, -0.15) is 4.31 Å². The van der Waals surface area contributed by atoms with Crippen molar-refractivity contribution in [2.75, 3.05) is 6.54 Å². The van der Waals surface area contributed by atoms with Gasteiger partial charge in [-0.15, -0.1) is 0 Å². The third-order valence-corrected chi connectivity index (χ3v) is 7.05. The predicted molar refractivity (Wildman–Crippen MR) is 109 cm³/mol. The molecule has 0 spiro atoms. The van der Waals surface area contributed by atoms with E-state index in [0.717, 1.165) is 16.7 Å². The Kier molecular flexibility index (Phi) is 4.87. The molecule has 0 bridgehead atoms. The molecule has 0 N–H and O–H groups in total. The minimum absolute atomic E-state index is 0.205. The summed E-state index contributed by atoms with van der Waals surface area (Å²) in [5, 5.41) is 0. The minimum atomic E-state index is -3.81. The molecule has 142 valence electrons. The van der Waals surface area contributed by atoms with Gasteiger partial charge in [0.2, 0.25) is 10.0 Å². The number of benzene rings is 3. The lowest BCUT2D eigenvalue weighted by Crippen LogP contribution is -2.43. The zero-order valence-electron chi connectivity index (χ0n) is 15.6. The van der Waals surface area contributed by atoms with Gasteiger partial charge in [0.15, 0.2) is 5.78 Å². The first kappa shape index (κ1) is 18.6. The fourth-order valence-electron chi connectivity index (χ4n) is 3.68. The van der Waals surface area contributed by atoms with Gasteiger partial charge in [0, 0.05) is 12.1 Å². The molecule has 3 aromatic rings. The lowest BCUT2D eigenvalue weighted by atomic mass is 9.89. The summed E-state index contributed by atoms with van der Waals surface area (Å²) in [4.78, 5) is 13.6. The van der Waals surface area contributed by atoms with E-state index in [1.807, 2.05) is 37.3 Å². The molecule has 1 heterocycles. The Morgan fingerprint density at radius 2 is 1.54 bits per heavy atom. The Balaban J connectivity index is 1.84. The molecule has 4 nitrogen and oxygen atoms in total. The van der Waals surface area contributed by atoms with Crippen molar-refractivity contribution >= 4 is 15.8 Å². The van der Waals surface area contributed by atoms with E-state index in [0.29, 0.717) is 12.0 Å². The van der Waals surface area contributed by atoms with Crippen molar-refractivity contribution in [3.63, 3.8) is 0 Å². The molecule has 1 atom stereocenters. The van der Waals surface area contributed by atoms with E-state index in [4.69, 9.17) is 0 Å². The summed E-state index contributed by atoms with van der Waals surface area (Å²) in [6, 6.07) is 22.4. The van der Waals surface area contributed by atoms with Gasteiger partial charge in [0.25, 0.3) is 0 Å². The topological polar surface area (TPSA) is 54.5 Å². The molecule has 0 aromatic heterocycles. The monoisotopic (exact) mass is 391 g/mol.